The molecule has 118 valence electrons. The molecule has 0 spiro atoms. The van der Waals surface area contributed by atoms with E-state index in [-0.39, 0.29) is 11.5 Å². The van der Waals surface area contributed by atoms with E-state index in [0.717, 1.165) is 38.3 Å². The van der Waals surface area contributed by atoms with E-state index >= 15 is 0 Å². The number of nitrogens with one attached hydrogen (secondary N) is 1. The second-order valence-corrected chi connectivity index (χ2v) is 6.58. The van der Waals surface area contributed by atoms with Crippen LogP contribution >= 0.6 is 0 Å². The van der Waals surface area contributed by atoms with Crippen LogP contribution in [0.5, 0.6) is 0 Å². The van der Waals surface area contributed by atoms with Gasteiger partial charge in [-0.05, 0) is 50.0 Å². The first-order chi connectivity index (χ1) is 10.5. The number of halogens is 1. The summed E-state index contributed by atoms with van der Waals surface area (Å²) in [6.45, 7) is 7.65. The molecule has 0 aliphatic carbocycles. The van der Waals surface area contributed by atoms with Gasteiger partial charge in [-0.15, -0.1) is 0 Å². The van der Waals surface area contributed by atoms with Gasteiger partial charge in [-0.3, -0.25) is 4.79 Å². The molecule has 0 unspecified atom stereocenters. The minimum absolute atomic E-state index is 0.246. The molecule has 0 saturated carbocycles. The Morgan fingerprint density at radius 1 is 1.36 bits per heavy atom. The van der Waals surface area contributed by atoms with Crippen molar-refractivity contribution >= 4 is 10.9 Å². The first-order valence-electron chi connectivity index (χ1n) is 7.95. The Morgan fingerprint density at radius 2 is 2.09 bits per heavy atom. The Morgan fingerprint density at radius 3 is 2.77 bits per heavy atom. The predicted octanol–water partition coefficient (Wildman–Crippen LogP) is 2.90. The number of hydrogen-bond acceptors (Lipinski definition) is 3. The van der Waals surface area contributed by atoms with E-state index < -0.39 is 5.82 Å². The van der Waals surface area contributed by atoms with E-state index in [9.17, 15) is 9.18 Å². The summed E-state index contributed by atoms with van der Waals surface area (Å²) in [5, 5.41) is 0.320. The third-order valence-corrected chi connectivity index (χ3v) is 4.28. The fraction of sp³-hybridized carbons (Fsp3) is 0.529. The topological polar surface area (TPSA) is 49.0 Å². The molecule has 22 heavy (non-hydrogen) atoms. The molecule has 1 fully saturated rings. The summed E-state index contributed by atoms with van der Waals surface area (Å²) in [7, 11) is 0. The molecule has 1 aliphatic heterocycles. The summed E-state index contributed by atoms with van der Waals surface area (Å²) in [6, 6.07) is 4.18. The molecule has 5 heteroatoms. The summed E-state index contributed by atoms with van der Waals surface area (Å²) in [5.41, 5.74) is 0.328. The maximum Gasteiger partial charge on any atom is 0.258 e. The first kappa shape index (κ1) is 15.2. The average molecular weight is 303 g/mol. The maximum atomic E-state index is 13.2. The maximum absolute atomic E-state index is 13.2. The zero-order valence-electron chi connectivity index (χ0n) is 13.1. The van der Waals surface area contributed by atoms with E-state index in [0.29, 0.717) is 16.8 Å². The number of piperidine rings is 1. The summed E-state index contributed by atoms with van der Waals surface area (Å²) >= 11 is 0. The van der Waals surface area contributed by atoms with Crippen LogP contribution in [-0.2, 0) is 0 Å². The lowest BCUT2D eigenvalue weighted by Gasteiger charge is -2.32. The smallest absolute Gasteiger partial charge is 0.258 e. The molecule has 2 aromatic rings. The van der Waals surface area contributed by atoms with Crippen LogP contribution in [0.3, 0.4) is 0 Å². The second-order valence-electron chi connectivity index (χ2n) is 6.58. The summed E-state index contributed by atoms with van der Waals surface area (Å²) < 4.78 is 13.2. The van der Waals surface area contributed by atoms with Crippen LogP contribution in [0.15, 0.2) is 23.0 Å². The Bertz CT molecular complexity index is 717. The molecule has 4 nitrogen and oxygen atoms in total. The van der Waals surface area contributed by atoms with Gasteiger partial charge in [0.1, 0.15) is 11.6 Å². The molecule has 2 heterocycles. The third-order valence-electron chi connectivity index (χ3n) is 4.28. The summed E-state index contributed by atoms with van der Waals surface area (Å²) in [6.07, 6.45) is 2.00. The van der Waals surface area contributed by atoms with Crippen molar-refractivity contribution in [1.29, 1.82) is 0 Å². The van der Waals surface area contributed by atoms with Crippen LogP contribution < -0.4 is 5.56 Å². The van der Waals surface area contributed by atoms with Gasteiger partial charge in [-0.25, -0.2) is 9.37 Å². The third kappa shape index (κ3) is 3.19. The number of aromatic amines is 1. The Labute approximate surface area is 129 Å². The van der Waals surface area contributed by atoms with Crippen LogP contribution in [0.4, 0.5) is 4.39 Å². The van der Waals surface area contributed by atoms with Gasteiger partial charge in [0.05, 0.1) is 10.9 Å². The number of likely N-dealkylation sites (tertiary alicyclic amines) is 1. The second kappa shape index (κ2) is 6.16. The zero-order chi connectivity index (χ0) is 15.7. The molecular weight excluding hydrogens is 281 g/mol. The van der Waals surface area contributed by atoms with E-state index in [1.54, 1.807) is 6.07 Å². The Hall–Kier alpha value is -1.75. The lowest BCUT2D eigenvalue weighted by Crippen LogP contribution is -2.36. The van der Waals surface area contributed by atoms with E-state index in [1.165, 1.54) is 12.1 Å². The fourth-order valence-electron chi connectivity index (χ4n) is 3.23. The highest BCUT2D eigenvalue weighted by atomic mass is 19.1. The van der Waals surface area contributed by atoms with Gasteiger partial charge in [-0.1, -0.05) is 13.8 Å². The summed E-state index contributed by atoms with van der Waals surface area (Å²) in [5.74, 6) is 1.29. The van der Waals surface area contributed by atoms with Gasteiger partial charge in [0.15, 0.2) is 0 Å². The van der Waals surface area contributed by atoms with Gasteiger partial charge in [-0.2, -0.15) is 0 Å². The predicted molar refractivity (Wildman–Crippen MR) is 85.6 cm³/mol. The molecule has 1 aliphatic rings. The SMILES string of the molecule is CC(C)CN1CCC(c2nc3ccc(F)cc3c(=O)[nH]2)CC1. The van der Waals surface area contributed by atoms with E-state index in [1.807, 2.05) is 0 Å². The molecule has 1 N–H and O–H groups in total. The number of hydrogen-bond donors (Lipinski definition) is 1. The number of aromatic nitrogens is 2. The highest BCUT2D eigenvalue weighted by Gasteiger charge is 2.23. The minimum Gasteiger partial charge on any atom is -0.310 e. The van der Waals surface area contributed by atoms with Gasteiger partial charge in [0, 0.05) is 12.5 Å². The Balaban J connectivity index is 1.80. The lowest BCUT2D eigenvalue weighted by atomic mass is 9.95. The van der Waals surface area contributed by atoms with Crippen molar-refractivity contribution < 1.29 is 4.39 Å². The number of fused-ring (bicyclic) bond motifs is 1. The molecular formula is C17H22FN3O. The van der Waals surface area contributed by atoms with Crippen molar-refractivity contribution in [2.24, 2.45) is 5.92 Å². The van der Waals surface area contributed by atoms with E-state index in [2.05, 4.69) is 28.7 Å². The van der Waals surface area contributed by atoms with Crippen LogP contribution in [0.2, 0.25) is 0 Å². The van der Waals surface area contributed by atoms with Crippen LogP contribution in [0.1, 0.15) is 38.4 Å². The molecule has 0 bridgehead atoms. The minimum atomic E-state index is -0.408. The van der Waals surface area contributed by atoms with Gasteiger partial charge in [0.2, 0.25) is 0 Å². The van der Waals surface area contributed by atoms with Crippen molar-refractivity contribution in [1.82, 2.24) is 14.9 Å². The standard InChI is InChI=1S/C17H22FN3O/c1-11(2)10-21-7-5-12(6-8-21)16-19-15-4-3-13(18)9-14(15)17(22)20-16/h3-4,9,11-12H,5-8,10H2,1-2H3,(H,19,20,22). The number of rotatable bonds is 3. The van der Waals surface area contributed by atoms with Crippen molar-refractivity contribution in [3.63, 3.8) is 0 Å². The Kier molecular flexibility index (Phi) is 4.25. The number of H-pyrrole nitrogens is 1. The van der Waals surface area contributed by atoms with Crippen LogP contribution in [0.25, 0.3) is 10.9 Å². The van der Waals surface area contributed by atoms with Crippen LogP contribution in [0, 0.1) is 11.7 Å². The quantitative estimate of drug-likeness (QED) is 0.948. The van der Waals surface area contributed by atoms with Gasteiger partial charge < -0.3 is 9.88 Å². The van der Waals surface area contributed by atoms with E-state index in [4.69, 9.17) is 0 Å². The average Bonchev–Trinajstić information content (AvgIpc) is 2.48. The normalized spacial score (nSPS) is 17.5. The molecule has 0 radical (unpaired) electrons. The summed E-state index contributed by atoms with van der Waals surface area (Å²) in [4.78, 5) is 22.0. The van der Waals surface area contributed by atoms with Crippen molar-refractivity contribution in [2.75, 3.05) is 19.6 Å². The highest BCUT2D eigenvalue weighted by Crippen LogP contribution is 2.26. The highest BCUT2D eigenvalue weighted by molar-refractivity contribution is 5.77. The van der Waals surface area contributed by atoms with Crippen molar-refractivity contribution in [3.05, 3.63) is 40.2 Å². The number of benzene rings is 1. The monoisotopic (exact) mass is 303 g/mol. The molecule has 1 aromatic heterocycles. The van der Waals surface area contributed by atoms with Crippen LogP contribution in [-0.4, -0.2) is 34.5 Å². The largest absolute Gasteiger partial charge is 0.310 e. The van der Waals surface area contributed by atoms with Crippen molar-refractivity contribution in [2.45, 2.75) is 32.6 Å². The first-order valence-corrected chi connectivity index (χ1v) is 7.95. The number of nitrogens with zero attached hydrogens (tertiary/aromatic N) is 2. The molecule has 1 aromatic carbocycles. The lowest BCUT2D eigenvalue weighted by molar-refractivity contribution is 0.189. The molecule has 3 rings (SSSR count). The molecule has 1 saturated heterocycles. The molecule has 0 amide bonds. The van der Waals surface area contributed by atoms with Gasteiger partial charge >= 0.3 is 0 Å². The fourth-order valence-corrected chi connectivity index (χ4v) is 3.23. The molecule has 0 atom stereocenters. The zero-order valence-corrected chi connectivity index (χ0v) is 13.1. The van der Waals surface area contributed by atoms with Gasteiger partial charge in [0.25, 0.3) is 5.56 Å². The van der Waals surface area contributed by atoms with Crippen molar-refractivity contribution in [3.8, 4) is 0 Å².